The number of nitrogens with one attached hydrogen (secondary N) is 1. The van der Waals surface area contributed by atoms with Crippen molar-refractivity contribution in [3.63, 3.8) is 0 Å². The molecule has 1 heterocycles. The normalized spacial score (nSPS) is 24.6. The second kappa shape index (κ2) is 7.20. The molecule has 1 unspecified atom stereocenters. The van der Waals surface area contributed by atoms with Crippen LogP contribution in [0.3, 0.4) is 0 Å². The first-order chi connectivity index (χ1) is 9.58. The summed E-state index contributed by atoms with van der Waals surface area (Å²) in [5.41, 5.74) is 5.89. The van der Waals surface area contributed by atoms with Gasteiger partial charge in [-0.2, -0.15) is 0 Å². The molecule has 112 valence electrons. The van der Waals surface area contributed by atoms with Crippen LogP contribution in [0.1, 0.15) is 36.6 Å². The van der Waals surface area contributed by atoms with Crippen LogP contribution in [0.15, 0.2) is 17.5 Å². The number of hydrogen-bond acceptors (Lipinski definition) is 4. The zero-order chi connectivity index (χ0) is 14.5. The van der Waals surface area contributed by atoms with Crippen molar-refractivity contribution in [1.29, 1.82) is 0 Å². The van der Waals surface area contributed by atoms with Gasteiger partial charge in [0, 0.05) is 23.4 Å². The Hall–Kier alpha value is -0.910. The highest BCUT2D eigenvalue weighted by Gasteiger charge is 2.25. The van der Waals surface area contributed by atoms with E-state index in [0.717, 1.165) is 25.7 Å². The van der Waals surface area contributed by atoms with Crippen molar-refractivity contribution >= 4 is 17.2 Å². The molecule has 0 aromatic carbocycles. The molecule has 0 bridgehead atoms. The Labute approximate surface area is 125 Å². The Bertz CT molecular complexity index is 411. The van der Waals surface area contributed by atoms with Gasteiger partial charge in [-0.1, -0.05) is 6.07 Å². The van der Waals surface area contributed by atoms with Crippen molar-refractivity contribution in [3.8, 4) is 0 Å². The highest BCUT2D eigenvalue weighted by Crippen LogP contribution is 2.25. The molecule has 0 spiro atoms. The van der Waals surface area contributed by atoms with Gasteiger partial charge in [-0.25, -0.2) is 0 Å². The standard InChI is InChI=1S/C15H25N3OS/c1-18(2)13(14-4-3-9-20-14)10-17-15(19)11-5-7-12(16)8-6-11/h3-4,9,11-13H,5-8,10,16H2,1-2H3,(H,17,19). The number of carbonyl (C=O) groups excluding carboxylic acids is 1. The lowest BCUT2D eigenvalue weighted by Gasteiger charge is -2.27. The van der Waals surface area contributed by atoms with Crippen LogP contribution < -0.4 is 11.1 Å². The van der Waals surface area contributed by atoms with Crippen molar-refractivity contribution in [2.24, 2.45) is 11.7 Å². The molecule has 1 saturated carbocycles. The van der Waals surface area contributed by atoms with E-state index in [1.165, 1.54) is 4.88 Å². The summed E-state index contributed by atoms with van der Waals surface area (Å²) in [5.74, 6) is 0.348. The van der Waals surface area contributed by atoms with Crippen LogP contribution in [0.5, 0.6) is 0 Å². The third-order valence-electron chi connectivity index (χ3n) is 4.11. The predicted octanol–water partition coefficient (Wildman–Crippen LogP) is 1.98. The van der Waals surface area contributed by atoms with Crippen LogP contribution >= 0.6 is 11.3 Å². The summed E-state index contributed by atoms with van der Waals surface area (Å²) < 4.78 is 0. The van der Waals surface area contributed by atoms with Crippen LogP contribution in [-0.4, -0.2) is 37.5 Å². The van der Waals surface area contributed by atoms with E-state index in [9.17, 15) is 4.79 Å². The first kappa shape index (κ1) is 15.5. The van der Waals surface area contributed by atoms with E-state index >= 15 is 0 Å². The highest BCUT2D eigenvalue weighted by atomic mass is 32.1. The lowest BCUT2D eigenvalue weighted by Crippen LogP contribution is -2.39. The average Bonchev–Trinajstić information content (AvgIpc) is 2.93. The molecule has 1 aromatic rings. The molecule has 0 saturated heterocycles. The zero-order valence-electron chi connectivity index (χ0n) is 12.3. The molecule has 0 aliphatic heterocycles. The number of nitrogens with zero attached hydrogens (tertiary/aromatic N) is 1. The largest absolute Gasteiger partial charge is 0.354 e. The fourth-order valence-corrected chi connectivity index (χ4v) is 3.66. The Morgan fingerprint density at radius 2 is 2.15 bits per heavy atom. The Morgan fingerprint density at radius 1 is 1.45 bits per heavy atom. The van der Waals surface area contributed by atoms with Gasteiger partial charge in [-0.15, -0.1) is 11.3 Å². The maximum absolute atomic E-state index is 12.2. The van der Waals surface area contributed by atoms with Gasteiger partial charge in [0.15, 0.2) is 0 Å². The first-order valence-corrected chi connectivity index (χ1v) is 8.19. The maximum Gasteiger partial charge on any atom is 0.223 e. The van der Waals surface area contributed by atoms with E-state index in [4.69, 9.17) is 5.73 Å². The minimum atomic E-state index is 0.154. The maximum atomic E-state index is 12.2. The number of nitrogens with two attached hydrogens (primary N) is 1. The van der Waals surface area contributed by atoms with E-state index in [2.05, 4.69) is 41.8 Å². The molecule has 20 heavy (non-hydrogen) atoms. The van der Waals surface area contributed by atoms with Crippen molar-refractivity contribution < 1.29 is 4.79 Å². The lowest BCUT2D eigenvalue weighted by atomic mass is 9.86. The van der Waals surface area contributed by atoms with Gasteiger partial charge in [-0.3, -0.25) is 4.79 Å². The minimum Gasteiger partial charge on any atom is -0.354 e. The topological polar surface area (TPSA) is 58.4 Å². The molecule has 1 aliphatic carbocycles. The Balaban J connectivity index is 1.85. The number of likely N-dealkylation sites (N-methyl/N-ethyl adjacent to an activating group) is 1. The van der Waals surface area contributed by atoms with Gasteiger partial charge in [-0.05, 0) is 51.2 Å². The quantitative estimate of drug-likeness (QED) is 0.873. The van der Waals surface area contributed by atoms with Crippen LogP contribution in [0.2, 0.25) is 0 Å². The molecule has 5 heteroatoms. The van der Waals surface area contributed by atoms with Gasteiger partial charge >= 0.3 is 0 Å². The summed E-state index contributed by atoms with van der Waals surface area (Å²) >= 11 is 1.74. The van der Waals surface area contributed by atoms with E-state index in [0.29, 0.717) is 12.6 Å². The summed E-state index contributed by atoms with van der Waals surface area (Å²) in [7, 11) is 4.10. The molecule has 1 aliphatic rings. The summed E-state index contributed by atoms with van der Waals surface area (Å²) in [5, 5.41) is 5.20. The van der Waals surface area contributed by atoms with Gasteiger partial charge in [0.1, 0.15) is 0 Å². The Morgan fingerprint density at radius 3 is 2.70 bits per heavy atom. The Kier molecular flexibility index (Phi) is 5.57. The van der Waals surface area contributed by atoms with E-state index in [-0.39, 0.29) is 17.9 Å². The fourth-order valence-electron chi connectivity index (χ4n) is 2.74. The zero-order valence-corrected chi connectivity index (χ0v) is 13.2. The summed E-state index contributed by atoms with van der Waals surface area (Å²) in [6.07, 6.45) is 3.80. The number of thiophene rings is 1. The third kappa shape index (κ3) is 4.04. The summed E-state index contributed by atoms with van der Waals surface area (Å²) in [4.78, 5) is 15.7. The molecule has 1 aromatic heterocycles. The van der Waals surface area contributed by atoms with Crippen LogP contribution in [-0.2, 0) is 4.79 Å². The molecular weight excluding hydrogens is 270 g/mol. The van der Waals surface area contributed by atoms with Crippen molar-refractivity contribution in [3.05, 3.63) is 22.4 Å². The van der Waals surface area contributed by atoms with Crippen LogP contribution in [0, 0.1) is 5.92 Å². The van der Waals surface area contributed by atoms with E-state index < -0.39 is 0 Å². The van der Waals surface area contributed by atoms with Gasteiger partial charge in [0.2, 0.25) is 5.91 Å². The third-order valence-corrected chi connectivity index (χ3v) is 5.08. The summed E-state index contributed by atoms with van der Waals surface area (Å²) in [6, 6.07) is 4.73. The smallest absolute Gasteiger partial charge is 0.223 e. The van der Waals surface area contributed by atoms with E-state index in [1.807, 2.05) is 0 Å². The van der Waals surface area contributed by atoms with Gasteiger partial charge in [0.05, 0.1) is 6.04 Å². The lowest BCUT2D eigenvalue weighted by molar-refractivity contribution is -0.126. The molecule has 0 radical (unpaired) electrons. The SMILES string of the molecule is CN(C)C(CNC(=O)C1CCC(N)CC1)c1cccs1. The molecule has 1 fully saturated rings. The number of hydrogen-bond donors (Lipinski definition) is 2. The van der Waals surface area contributed by atoms with Crippen molar-refractivity contribution in [2.45, 2.75) is 37.8 Å². The fraction of sp³-hybridized carbons (Fsp3) is 0.667. The molecule has 3 N–H and O–H groups in total. The number of carbonyl (C=O) groups is 1. The number of rotatable bonds is 5. The minimum absolute atomic E-state index is 0.154. The van der Waals surface area contributed by atoms with Gasteiger partial charge in [0.25, 0.3) is 0 Å². The monoisotopic (exact) mass is 295 g/mol. The first-order valence-electron chi connectivity index (χ1n) is 7.31. The molecular formula is C15H25N3OS. The molecule has 1 amide bonds. The summed E-state index contributed by atoms with van der Waals surface area (Å²) in [6.45, 7) is 0.675. The highest BCUT2D eigenvalue weighted by molar-refractivity contribution is 7.10. The second-order valence-corrected chi connectivity index (χ2v) is 6.83. The van der Waals surface area contributed by atoms with E-state index in [1.54, 1.807) is 11.3 Å². The van der Waals surface area contributed by atoms with Crippen LogP contribution in [0.4, 0.5) is 0 Å². The second-order valence-electron chi connectivity index (χ2n) is 5.85. The molecule has 4 nitrogen and oxygen atoms in total. The average molecular weight is 295 g/mol. The van der Waals surface area contributed by atoms with Gasteiger partial charge < -0.3 is 16.0 Å². The predicted molar refractivity (Wildman–Crippen MR) is 83.7 cm³/mol. The van der Waals surface area contributed by atoms with Crippen LogP contribution in [0.25, 0.3) is 0 Å². The molecule has 1 atom stereocenters. The van der Waals surface area contributed by atoms with Crippen molar-refractivity contribution in [2.75, 3.05) is 20.6 Å². The number of amides is 1. The molecule has 2 rings (SSSR count). The van der Waals surface area contributed by atoms with Crippen molar-refractivity contribution in [1.82, 2.24) is 10.2 Å².